The highest BCUT2D eigenvalue weighted by atomic mass is 127. The highest BCUT2D eigenvalue weighted by Gasteiger charge is 2.37. The second kappa shape index (κ2) is 10.9. The Hall–Kier alpha value is -3.06. The van der Waals surface area contributed by atoms with Gasteiger partial charge in [0.2, 0.25) is 0 Å². The molecule has 36 heavy (non-hydrogen) atoms. The Kier molecular flexibility index (Phi) is 7.46. The zero-order valence-corrected chi connectivity index (χ0v) is 22.9. The number of halogens is 1. The molecule has 1 aliphatic heterocycles. The number of fused-ring (bicyclic) bond motifs is 3. The molecule has 0 amide bonds. The first-order valence-electron chi connectivity index (χ1n) is 12.4. The van der Waals surface area contributed by atoms with Crippen LogP contribution in [0.5, 0.6) is 11.5 Å². The third-order valence-electron chi connectivity index (χ3n) is 6.81. The Morgan fingerprint density at radius 1 is 1.11 bits per heavy atom. The quantitative estimate of drug-likeness (QED) is 0.164. The molecule has 5 rings (SSSR count). The second-order valence-corrected chi connectivity index (χ2v) is 10.4. The minimum Gasteiger partial charge on any atom is -0.490 e. The molecule has 3 aromatic carbocycles. The van der Waals surface area contributed by atoms with Crippen LogP contribution in [0.4, 0.5) is 11.4 Å². The number of allylic oxidation sites excluding steroid dienone is 2. The molecule has 0 aromatic heterocycles. The van der Waals surface area contributed by atoms with Crippen molar-refractivity contribution in [1.82, 2.24) is 0 Å². The van der Waals surface area contributed by atoms with E-state index >= 15 is 0 Å². The predicted molar refractivity (Wildman–Crippen MR) is 157 cm³/mol. The molecule has 0 unspecified atom stereocenters. The molecule has 5 heteroatoms. The Morgan fingerprint density at radius 3 is 2.72 bits per heavy atom. The van der Waals surface area contributed by atoms with E-state index in [1.807, 2.05) is 19.2 Å². The Labute approximate surface area is 227 Å². The SMILES string of the molecule is C=CCOc1c(I)cc(C=Nc2ccc([C@@H]3Nc4ccc(C)cc4[C@H]4C=CC[C@@H]43)cc2)cc1OCC. The van der Waals surface area contributed by atoms with Gasteiger partial charge in [0.25, 0.3) is 0 Å². The van der Waals surface area contributed by atoms with Gasteiger partial charge in [-0.05, 0) is 95.8 Å². The van der Waals surface area contributed by atoms with E-state index in [0.29, 0.717) is 25.0 Å². The van der Waals surface area contributed by atoms with Crippen LogP contribution in [0.25, 0.3) is 0 Å². The lowest BCUT2D eigenvalue weighted by Gasteiger charge is -2.37. The van der Waals surface area contributed by atoms with Crippen LogP contribution in [0.3, 0.4) is 0 Å². The third-order valence-corrected chi connectivity index (χ3v) is 7.61. The van der Waals surface area contributed by atoms with Gasteiger partial charge in [-0.1, -0.05) is 54.6 Å². The van der Waals surface area contributed by atoms with Crippen molar-refractivity contribution in [2.24, 2.45) is 10.9 Å². The van der Waals surface area contributed by atoms with E-state index in [1.165, 1.54) is 22.4 Å². The number of benzene rings is 3. The average Bonchev–Trinajstić information content (AvgIpc) is 3.38. The van der Waals surface area contributed by atoms with E-state index < -0.39 is 0 Å². The van der Waals surface area contributed by atoms with Gasteiger partial charge in [-0.2, -0.15) is 0 Å². The van der Waals surface area contributed by atoms with E-state index in [9.17, 15) is 0 Å². The number of anilines is 1. The highest BCUT2D eigenvalue weighted by molar-refractivity contribution is 14.1. The van der Waals surface area contributed by atoms with Crippen LogP contribution in [-0.2, 0) is 0 Å². The second-order valence-electron chi connectivity index (χ2n) is 9.28. The maximum atomic E-state index is 5.82. The zero-order chi connectivity index (χ0) is 25.1. The lowest BCUT2D eigenvalue weighted by atomic mass is 9.76. The van der Waals surface area contributed by atoms with Gasteiger partial charge < -0.3 is 14.8 Å². The Morgan fingerprint density at radius 2 is 1.94 bits per heavy atom. The standard InChI is InChI=1S/C31H31IN2O2/c1-4-15-36-31-27(32)17-21(18-29(31)35-5-2)19-33-23-12-10-22(11-13-23)30-25-8-6-7-24(25)26-16-20(3)9-14-28(26)34-30/h4,6-7,9-14,16-19,24-25,30,34H,1,5,8,15H2,2-3H3/t24-,25-,30-/m0/s1. The van der Waals surface area contributed by atoms with Crippen molar-refractivity contribution in [3.8, 4) is 11.5 Å². The summed E-state index contributed by atoms with van der Waals surface area (Å²) in [5.74, 6) is 2.48. The monoisotopic (exact) mass is 590 g/mol. The number of ether oxygens (including phenoxy) is 2. The molecule has 0 bridgehead atoms. The van der Waals surface area contributed by atoms with Crippen LogP contribution in [0.2, 0.25) is 0 Å². The lowest BCUT2D eigenvalue weighted by molar-refractivity contribution is 0.295. The molecule has 3 atom stereocenters. The van der Waals surface area contributed by atoms with E-state index in [1.54, 1.807) is 6.08 Å². The highest BCUT2D eigenvalue weighted by Crippen LogP contribution is 2.50. The molecule has 0 saturated carbocycles. The molecule has 4 nitrogen and oxygen atoms in total. The molecule has 0 radical (unpaired) electrons. The van der Waals surface area contributed by atoms with Gasteiger partial charge in [0.15, 0.2) is 11.5 Å². The van der Waals surface area contributed by atoms with Crippen LogP contribution < -0.4 is 14.8 Å². The van der Waals surface area contributed by atoms with Crippen LogP contribution in [0.1, 0.15) is 47.6 Å². The summed E-state index contributed by atoms with van der Waals surface area (Å²) in [5, 5.41) is 3.82. The van der Waals surface area contributed by atoms with Gasteiger partial charge in [-0.25, -0.2) is 0 Å². The van der Waals surface area contributed by atoms with E-state index in [0.717, 1.165) is 32.7 Å². The minimum atomic E-state index is 0.289. The third kappa shape index (κ3) is 5.07. The number of aliphatic imine (C=N–C) groups is 1. The molecular weight excluding hydrogens is 559 g/mol. The van der Waals surface area contributed by atoms with Gasteiger partial charge in [0.1, 0.15) is 6.61 Å². The largest absolute Gasteiger partial charge is 0.490 e. The summed E-state index contributed by atoms with van der Waals surface area (Å²) in [5.41, 5.74) is 7.19. The summed E-state index contributed by atoms with van der Waals surface area (Å²) in [6.07, 6.45) is 9.44. The Bertz CT molecular complexity index is 1310. The molecule has 0 fully saturated rings. The topological polar surface area (TPSA) is 42.8 Å². The number of aryl methyl sites for hydroxylation is 1. The van der Waals surface area contributed by atoms with Crippen molar-refractivity contribution in [1.29, 1.82) is 0 Å². The molecule has 1 aliphatic carbocycles. The molecule has 184 valence electrons. The summed E-state index contributed by atoms with van der Waals surface area (Å²) in [7, 11) is 0. The van der Waals surface area contributed by atoms with Crippen LogP contribution in [0, 0.1) is 16.4 Å². The fourth-order valence-corrected chi connectivity index (χ4v) is 5.95. The van der Waals surface area contributed by atoms with E-state index in [4.69, 9.17) is 14.5 Å². The first-order chi connectivity index (χ1) is 17.6. The molecule has 0 saturated heterocycles. The Balaban J connectivity index is 1.35. The number of nitrogens with one attached hydrogen (secondary N) is 1. The first kappa shape index (κ1) is 24.6. The van der Waals surface area contributed by atoms with Crippen molar-refractivity contribution < 1.29 is 9.47 Å². The maximum absolute atomic E-state index is 5.82. The van der Waals surface area contributed by atoms with Crippen LogP contribution in [-0.4, -0.2) is 19.4 Å². The summed E-state index contributed by atoms with van der Waals surface area (Å²) in [6, 6.07) is 19.7. The van der Waals surface area contributed by atoms with Crippen LogP contribution in [0.15, 0.2) is 84.4 Å². The van der Waals surface area contributed by atoms with Crippen LogP contribution >= 0.6 is 22.6 Å². The van der Waals surface area contributed by atoms with E-state index in [-0.39, 0.29) is 6.04 Å². The fourth-order valence-electron chi connectivity index (χ4n) is 5.17. The summed E-state index contributed by atoms with van der Waals surface area (Å²) in [4.78, 5) is 4.74. The predicted octanol–water partition coefficient (Wildman–Crippen LogP) is 8.14. The summed E-state index contributed by atoms with van der Waals surface area (Å²) >= 11 is 2.28. The van der Waals surface area contributed by atoms with Gasteiger partial charge in [0.05, 0.1) is 21.9 Å². The summed E-state index contributed by atoms with van der Waals surface area (Å²) in [6.45, 7) is 8.88. The normalized spacial score (nSPS) is 20.0. The summed E-state index contributed by atoms with van der Waals surface area (Å²) < 4.78 is 12.6. The zero-order valence-electron chi connectivity index (χ0n) is 20.7. The average molecular weight is 591 g/mol. The van der Waals surface area contributed by atoms with Crippen molar-refractivity contribution >= 4 is 40.2 Å². The molecule has 2 aliphatic rings. The van der Waals surface area contributed by atoms with Crippen molar-refractivity contribution in [3.63, 3.8) is 0 Å². The maximum Gasteiger partial charge on any atom is 0.174 e. The van der Waals surface area contributed by atoms with E-state index in [2.05, 4.69) is 102 Å². The molecule has 0 spiro atoms. The smallest absolute Gasteiger partial charge is 0.174 e. The minimum absolute atomic E-state index is 0.289. The van der Waals surface area contributed by atoms with Gasteiger partial charge in [-0.15, -0.1) is 0 Å². The van der Waals surface area contributed by atoms with Crippen molar-refractivity contribution in [2.75, 3.05) is 18.5 Å². The number of hydrogen-bond donors (Lipinski definition) is 1. The molecule has 1 N–H and O–H groups in total. The van der Waals surface area contributed by atoms with Crippen molar-refractivity contribution in [2.45, 2.75) is 32.2 Å². The van der Waals surface area contributed by atoms with Gasteiger partial charge >= 0.3 is 0 Å². The number of rotatable bonds is 8. The lowest BCUT2D eigenvalue weighted by Crippen LogP contribution is -2.29. The molecule has 1 heterocycles. The fraction of sp³-hybridized carbons (Fsp3) is 0.258. The number of hydrogen-bond acceptors (Lipinski definition) is 4. The van der Waals surface area contributed by atoms with Gasteiger partial charge in [-0.3, -0.25) is 4.99 Å². The first-order valence-corrected chi connectivity index (χ1v) is 13.5. The number of nitrogens with zero attached hydrogens (tertiary/aromatic N) is 1. The molecule has 3 aromatic rings. The van der Waals surface area contributed by atoms with Gasteiger partial charge in [0, 0.05) is 17.8 Å². The molecular formula is C31H31IN2O2. The van der Waals surface area contributed by atoms with Crippen molar-refractivity contribution in [3.05, 3.63) is 105 Å².